The number of carbonyl (C=O) groups is 1. The lowest BCUT2D eigenvalue weighted by atomic mass is 10.2. The van der Waals surface area contributed by atoms with E-state index in [1.165, 1.54) is 0 Å². The molecule has 18 heavy (non-hydrogen) atoms. The molecule has 1 heterocycles. The second kappa shape index (κ2) is 5.65. The number of hydrogen-bond acceptors (Lipinski definition) is 3. The number of amides is 1. The maximum absolute atomic E-state index is 11.8. The van der Waals surface area contributed by atoms with Gasteiger partial charge in [-0.25, -0.2) is 4.98 Å². The van der Waals surface area contributed by atoms with E-state index < -0.39 is 0 Å². The Bertz CT molecular complexity index is 485. The van der Waals surface area contributed by atoms with Gasteiger partial charge < -0.3 is 10.4 Å². The van der Waals surface area contributed by atoms with Gasteiger partial charge >= 0.3 is 0 Å². The van der Waals surface area contributed by atoms with Crippen molar-refractivity contribution in [3.05, 3.63) is 29.6 Å². The summed E-state index contributed by atoms with van der Waals surface area (Å²) in [7, 11) is 0. The molecule has 0 radical (unpaired) electrons. The predicted octanol–water partition coefficient (Wildman–Crippen LogP) is 0.954. The monoisotopic (exact) mass is 244 g/mol. The number of pyridine rings is 1. The fourth-order valence-corrected chi connectivity index (χ4v) is 1.86. The Balaban J connectivity index is 1.95. The van der Waals surface area contributed by atoms with E-state index in [0.717, 1.165) is 12.8 Å². The highest BCUT2D eigenvalue weighted by Crippen LogP contribution is 2.33. The molecule has 1 amide bonds. The van der Waals surface area contributed by atoms with Crippen molar-refractivity contribution in [1.29, 1.82) is 0 Å². The summed E-state index contributed by atoms with van der Waals surface area (Å²) in [5.74, 6) is 5.77. The van der Waals surface area contributed by atoms with E-state index >= 15 is 0 Å². The molecule has 2 N–H and O–H groups in total. The zero-order valence-electron chi connectivity index (χ0n) is 10.3. The number of aliphatic hydroxyl groups is 1. The first-order valence-electron chi connectivity index (χ1n) is 6.11. The standard InChI is InChI=1S/C14H16N2O2/c1-2-11-8-13(11)16-14(18)12-6-5-10(9-15-12)4-3-7-17/h5-6,9,11,13,17H,2,7-8H2,1H3,(H,16,18). The molecular weight excluding hydrogens is 228 g/mol. The highest BCUT2D eigenvalue weighted by atomic mass is 16.2. The van der Waals surface area contributed by atoms with Crippen LogP contribution in [-0.4, -0.2) is 28.6 Å². The van der Waals surface area contributed by atoms with Crippen LogP contribution in [0.3, 0.4) is 0 Å². The molecule has 1 fully saturated rings. The molecule has 1 aromatic heterocycles. The average Bonchev–Trinajstić information content (AvgIpc) is 3.15. The molecule has 1 aliphatic carbocycles. The van der Waals surface area contributed by atoms with Crippen molar-refractivity contribution in [2.45, 2.75) is 25.8 Å². The van der Waals surface area contributed by atoms with E-state index in [-0.39, 0.29) is 12.5 Å². The van der Waals surface area contributed by atoms with Crippen molar-refractivity contribution in [3.8, 4) is 11.8 Å². The van der Waals surface area contributed by atoms with Gasteiger partial charge in [-0.2, -0.15) is 0 Å². The SMILES string of the molecule is CCC1CC1NC(=O)c1ccc(C#CCO)cn1. The van der Waals surface area contributed by atoms with Gasteiger partial charge in [0.2, 0.25) is 0 Å². The molecule has 1 aliphatic rings. The van der Waals surface area contributed by atoms with Gasteiger partial charge in [0.1, 0.15) is 12.3 Å². The number of nitrogens with one attached hydrogen (secondary N) is 1. The highest BCUT2D eigenvalue weighted by Gasteiger charge is 2.36. The molecular formula is C14H16N2O2. The van der Waals surface area contributed by atoms with Crippen molar-refractivity contribution in [1.82, 2.24) is 10.3 Å². The lowest BCUT2D eigenvalue weighted by Gasteiger charge is -2.03. The van der Waals surface area contributed by atoms with Gasteiger partial charge in [-0.05, 0) is 24.5 Å². The third kappa shape index (κ3) is 3.08. The normalized spacial score (nSPS) is 20.8. The van der Waals surface area contributed by atoms with Crippen LogP contribution in [0.1, 0.15) is 35.8 Å². The summed E-state index contributed by atoms with van der Waals surface area (Å²) < 4.78 is 0. The lowest BCUT2D eigenvalue weighted by molar-refractivity contribution is 0.0944. The summed E-state index contributed by atoms with van der Waals surface area (Å²) in [6.45, 7) is 1.95. The van der Waals surface area contributed by atoms with E-state index in [1.54, 1.807) is 18.3 Å². The lowest BCUT2D eigenvalue weighted by Crippen LogP contribution is -2.27. The topological polar surface area (TPSA) is 62.2 Å². The van der Waals surface area contributed by atoms with Gasteiger partial charge in [-0.15, -0.1) is 0 Å². The summed E-state index contributed by atoms with van der Waals surface area (Å²) in [6.07, 6.45) is 3.72. The fourth-order valence-electron chi connectivity index (χ4n) is 1.86. The van der Waals surface area contributed by atoms with Crippen LogP contribution >= 0.6 is 0 Å². The van der Waals surface area contributed by atoms with Crippen LogP contribution in [0.15, 0.2) is 18.3 Å². The Labute approximate surface area is 106 Å². The second-order valence-electron chi connectivity index (χ2n) is 4.38. The minimum absolute atomic E-state index is 0.127. The Kier molecular flexibility index (Phi) is 3.96. The number of aliphatic hydroxyl groups excluding tert-OH is 1. The maximum atomic E-state index is 11.8. The number of hydrogen-bond donors (Lipinski definition) is 2. The third-order valence-corrected chi connectivity index (χ3v) is 3.07. The van der Waals surface area contributed by atoms with E-state index in [9.17, 15) is 4.79 Å². The fraction of sp³-hybridized carbons (Fsp3) is 0.429. The summed E-state index contributed by atoms with van der Waals surface area (Å²) in [5, 5.41) is 11.5. The minimum Gasteiger partial charge on any atom is -0.384 e. The Morgan fingerprint density at radius 2 is 2.44 bits per heavy atom. The number of rotatable bonds is 3. The molecule has 2 rings (SSSR count). The van der Waals surface area contributed by atoms with Crippen LogP contribution in [0.5, 0.6) is 0 Å². The molecule has 1 saturated carbocycles. The molecule has 94 valence electrons. The van der Waals surface area contributed by atoms with Crippen molar-refractivity contribution in [2.75, 3.05) is 6.61 Å². The van der Waals surface area contributed by atoms with Gasteiger partial charge in [0.25, 0.3) is 5.91 Å². The number of aromatic nitrogens is 1. The Morgan fingerprint density at radius 1 is 1.61 bits per heavy atom. The van der Waals surface area contributed by atoms with Crippen LogP contribution in [0, 0.1) is 17.8 Å². The van der Waals surface area contributed by atoms with Gasteiger partial charge in [-0.3, -0.25) is 4.79 Å². The number of nitrogens with zero attached hydrogens (tertiary/aromatic N) is 1. The summed E-state index contributed by atoms with van der Waals surface area (Å²) in [6, 6.07) is 3.70. The summed E-state index contributed by atoms with van der Waals surface area (Å²) in [4.78, 5) is 15.9. The maximum Gasteiger partial charge on any atom is 0.270 e. The molecule has 0 saturated heterocycles. The van der Waals surface area contributed by atoms with Crippen LogP contribution < -0.4 is 5.32 Å². The van der Waals surface area contributed by atoms with Crippen LogP contribution in [0.25, 0.3) is 0 Å². The van der Waals surface area contributed by atoms with E-state index in [4.69, 9.17) is 5.11 Å². The molecule has 2 unspecified atom stereocenters. The van der Waals surface area contributed by atoms with Gasteiger partial charge in [0.05, 0.1) is 0 Å². The molecule has 4 nitrogen and oxygen atoms in total. The van der Waals surface area contributed by atoms with Crippen LogP contribution in [0.4, 0.5) is 0 Å². The van der Waals surface area contributed by atoms with Crippen molar-refractivity contribution in [3.63, 3.8) is 0 Å². The highest BCUT2D eigenvalue weighted by molar-refractivity contribution is 5.92. The van der Waals surface area contributed by atoms with E-state index in [0.29, 0.717) is 23.2 Å². The average molecular weight is 244 g/mol. The minimum atomic E-state index is -0.178. The second-order valence-corrected chi connectivity index (χ2v) is 4.38. The van der Waals surface area contributed by atoms with Gasteiger partial charge in [-0.1, -0.05) is 25.2 Å². The molecule has 0 bridgehead atoms. The van der Waals surface area contributed by atoms with E-state index in [1.807, 2.05) is 0 Å². The smallest absolute Gasteiger partial charge is 0.270 e. The van der Waals surface area contributed by atoms with Crippen LogP contribution in [0.2, 0.25) is 0 Å². The first-order valence-corrected chi connectivity index (χ1v) is 6.11. The molecule has 4 heteroatoms. The van der Waals surface area contributed by atoms with Gasteiger partial charge in [0, 0.05) is 17.8 Å². The van der Waals surface area contributed by atoms with E-state index in [2.05, 4.69) is 29.1 Å². The molecule has 0 aromatic carbocycles. The van der Waals surface area contributed by atoms with Crippen molar-refractivity contribution < 1.29 is 9.90 Å². The molecule has 2 atom stereocenters. The summed E-state index contributed by atoms with van der Waals surface area (Å²) >= 11 is 0. The predicted molar refractivity (Wildman–Crippen MR) is 67.9 cm³/mol. The Hall–Kier alpha value is -1.86. The number of carbonyl (C=O) groups excluding carboxylic acids is 1. The third-order valence-electron chi connectivity index (χ3n) is 3.07. The first kappa shape index (κ1) is 12.6. The van der Waals surface area contributed by atoms with Crippen molar-refractivity contribution in [2.24, 2.45) is 5.92 Å². The molecule has 1 aromatic rings. The Morgan fingerprint density at radius 3 is 3.00 bits per heavy atom. The molecule has 0 aliphatic heterocycles. The summed E-state index contributed by atoms with van der Waals surface area (Å²) in [5.41, 5.74) is 1.10. The largest absolute Gasteiger partial charge is 0.384 e. The zero-order chi connectivity index (χ0) is 13.0. The van der Waals surface area contributed by atoms with Crippen molar-refractivity contribution >= 4 is 5.91 Å². The molecule has 0 spiro atoms. The van der Waals surface area contributed by atoms with Crippen LogP contribution in [-0.2, 0) is 0 Å². The van der Waals surface area contributed by atoms with Gasteiger partial charge in [0.15, 0.2) is 0 Å². The zero-order valence-corrected chi connectivity index (χ0v) is 10.3. The first-order chi connectivity index (χ1) is 8.74. The quantitative estimate of drug-likeness (QED) is 0.778.